The molecule has 1 aromatic rings. The Hall–Kier alpha value is -0.900. The molecule has 2 N–H and O–H groups in total. The van der Waals surface area contributed by atoms with Crippen molar-refractivity contribution in [2.75, 3.05) is 0 Å². The van der Waals surface area contributed by atoms with Gasteiger partial charge in [-0.2, -0.15) is 0 Å². The van der Waals surface area contributed by atoms with E-state index in [4.69, 9.17) is 5.73 Å². The van der Waals surface area contributed by atoms with E-state index in [9.17, 15) is 0 Å². The molecule has 0 saturated carbocycles. The number of nitrogens with two attached hydrogens (primary N) is 1. The van der Waals surface area contributed by atoms with Crippen LogP contribution in [0.15, 0.2) is 6.20 Å². The number of hydrogen-bond acceptors (Lipinski definition) is 3. The minimum Gasteiger partial charge on any atom is -0.323 e. The Bertz CT molecular complexity index is 216. The van der Waals surface area contributed by atoms with Crippen LogP contribution in [-0.4, -0.2) is 15.0 Å². The summed E-state index contributed by atoms with van der Waals surface area (Å²) in [6.45, 7) is 4.92. The van der Waals surface area contributed by atoms with Gasteiger partial charge in [-0.05, 0) is 13.3 Å². The van der Waals surface area contributed by atoms with E-state index in [1.165, 1.54) is 0 Å². The Kier molecular flexibility index (Phi) is 2.59. The van der Waals surface area contributed by atoms with Gasteiger partial charge in [0.25, 0.3) is 0 Å². The summed E-state index contributed by atoms with van der Waals surface area (Å²) in [5.41, 5.74) is 6.47. The highest BCUT2D eigenvalue weighted by Crippen LogP contribution is 2.03. The van der Waals surface area contributed by atoms with E-state index >= 15 is 0 Å². The molecule has 62 valence electrons. The average Bonchev–Trinajstić information content (AvgIpc) is 2.37. The van der Waals surface area contributed by atoms with E-state index in [0.717, 1.165) is 18.7 Å². The van der Waals surface area contributed by atoms with Crippen LogP contribution in [0.5, 0.6) is 0 Å². The first-order chi connectivity index (χ1) is 5.24. The van der Waals surface area contributed by atoms with Crippen LogP contribution in [-0.2, 0) is 6.54 Å². The van der Waals surface area contributed by atoms with Gasteiger partial charge in [0.1, 0.15) is 0 Å². The molecule has 0 fully saturated rings. The fourth-order valence-corrected chi connectivity index (χ4v) is 0.860. The lowest BCUT2D eigenvalue weighted by Crippen LogP contribution is -2.05. The predicted molar refractivity (Wildman–Crippen MR) is 42.9 cm³/mol. The minimum absolute atomic E-state index is 0.0133. The molecule has 0 aliphatic carbocycles. The summed E-state index contributed by atoms with van der Waals surface area (Å²) < 4.78 is 1.82. The molecule has 0 unspecified atom stereocenters. The van der Waals surface area contributed by atoms with E-state index < -0.39 is 0 Å². The zero-order valence-electron chi connectivity index (χ0n) is 6.99. The lowest BCUT2D eigenvalue weighted by Gasteiger charge is -1.96. The minimum atomic E-state index is -0.0133. The topological polar surface area (TPSA) is 56.7 Å². The van der Waals surface area contributed by atoms with Crippen molar-refractivity contribution in [1.29, 1.82) is 0 Å². The summed E-state index contributed by atoms with van der Waals surface area (Å²) in [6.07, 6.45) is 2.97. The van der Waals surface area contributed by atoms with Gasteiger partial charge in [0.2, 0.25) is 0 Å². The Morgan fingerprint density at radius 3 is 2.91 bits per heavy atom. The second-order valence-corrected chi connectivity index (χ2v) is 2.70. The van der Waals surface area contributed by atoms with E-state index in [2.05, 4.69) is 17.2 Å². The molecule has 1 atom stereocenters. The van der Waals surface area contributed by atoms with Gasteiger partial charge in [0.05, 0.1) is 11.9 Å². The Morgan fingerprint density at radius 2 is 2.45 bits per heavy atom. The lowest BCUT2D eigenvalue weighted by atomic mass is 10.3. The molecule has 0 aromatic carbocycles. The van der Waals surface area contributed by atoms with Crippen molar-refractivity contribution in [2.24, 2.45) is 5.73 Å². The van der Waals surface area contributed by atoms with E-state index in [1.807, 2.05) is 17.8 Å². The number of nitrogens with zero attached hydrogens (tertiary/aromatic N) is 3. The van der Waals surface area contributed by atoms with E-state index in [-0.39, 0.29) is 6.04 Å². The molecule has 4 nitrogen and oxygen atoms in total. The molecular weight excluding hydrogens is 140 g/mol. The highest BCUT2D eigenvalue weighted by molar-refractivity contribution is 4.97. The summed E-state index contributed by atoms with van der Waals surface area (Å²) in [7, 11) is 0. The van der Waals surface area contributed by atoms with Crippen LogP contribution in [0.1, 0.15) is 32.0 Å². The number of aromatic nitrogens is 3. The van der Waals surface area contributed by atoms with Crippen LogP contribution in [0.25, 0.3) is 0 Å². The van der Waals surface area contributed by atoms with Crippen LogP contribution < -0.4 is 5.73 Å². The average molecular weight is 154 g/mol. The molecule has 1 heterocycles. The molecule has 0 aliphatic rings. The highest BCUT2D eigenvalue weighted by atomic mass is 15.4. The van der Waals surface area contributed by atoms with Gasteiger partial charge in [0.15, 0.2) is 0 Å². The summed E-state index contributed by atoms with van der Waals surface area (Å²) in [4.78, 5) is 0. The predicted octanol–water partition coefficient (Wildman–Crippen LogP) is 0.708. The maximum atomic E-state index is 5.61. The number of aryl methyl sites for hydroxylation is 1. The highest BCUT2D eigenvalue weighted by Gasteiger charge is 2.03. The van der Waals surface area contributed by atoms with Gasteiger partial charge >= 0.3 is 0 Å². The van der Waals surface area contributed by atoms with Gasteiger partial charge in [-0.1, -0.05) is 12.1 Å². The zero-order valence-corrected chi connectivity index (χ0v) is 6.99. The van der Waals surface area contributed by atoms with Crippen molar-refractivity contribution in [3.05, 3.63) is 11.9 Å². The Morgan fingerprint density at radius 1 is 1.73 bits per heavy atom. The van der Waals surface area contributed by atoms with Gasteiger partial charge < -0.3 is 5.73 Å². The largest absolute Gasteiger partial charge is 0.323 e. The standard InChI is InChI=1S/C7H14N4/c1-3-4-11-5-7(6(2)8)9-10-11/h5-6H,3-4,8H2,1-2H3/t6-/m1/s1. The molecule has 0 amide bonds. The van der Waals surface area contributed by atoms with E-state index in [0.29, 0.717) is 0 Å². The number of hydrogen-bond donors (Lipinski definition) is 1. The third-order valence-electron chi connectivity index (χ3n) is 1.48. The molecule has 0 bridgehead atoms. The molecule has 0 radical (unpaired) electrons. The molecule has 1 rings (SSSR count). The summed E-state index contributed by atoms with van der Waals surface area (Å²) in [5, 5.41) is 7.84. The lowest BCUT2D eigenvalue weighted by molar-refractivity contribution is 0.578. The Balaban J connectivity index is 2.66. The zero-order chi connectivity index (χ0) is 8.27. The normalized spacial score (nSPS) is 13.4. The fourth-order valence-electron chi connectivity index (χ4n) is 0.860. The van der Waals surface area contributed by atoms with E-state index in [1.54, 1.807) is 0 Å². The quantitative estimate of drug-likeness (QED) is 0.697. The first-order valence-electron chi connectivity index (χ1n) is 3.89. The van der Waals surface area contributed by atoms with Crippen LogP contribution >= 0.6 is 0 Å². The van der Waals surface area contributed by atoms with Gasteiger partial charge in [-0.3, -0.25) is 4.68 Å². The second kappa shape index (κ2) is 3.48. The molecular formula is C7H14N4. The van der Waals surface area contributed by atoms with Crippen molar-refractivity contribution >= 4 is 0 Å². The van der Waals surface area contributed by atoms with Crippen molar-refractivity contribution in [3.63, 3.8) is 0 Å². The van der Waals surface area contributed by atoms with Crippen molar-refractivity contribution in [1.82, 2.24) is 15.0 Å². The number of rotatable bonds is 3. The van der Waals surface area contributed by atoms with Crippen LogP contribution in [0, 0.1) is 0 Å². The Labute approximate surface area is 66.4 Å². The third kappa shape index (κ3) is 2.01. The monoisotopic (exact) mass is 154 g/mol. The summed E-state index contributed by atoms with van der Waals surface area (Å²) in [6, 6.07) is -0.0133. The van der Waals surface area contributed by atoms with Gasteiger partial charge in [-0.15, -0.1) is 5.10 Å². The van der Waals surface area contributed by atoms with Crippen molar-refractivity contribution < 1.29 is 0 Å². The van der Waals surface area contributed by atoms with Gasteiger partial charge in [0, 0.05) is 12.6 Å². The fraction of sp³-hybridized carbons (Fsp3) is 0.714. The first-order valence-corrected chi connectivity index (χ1v) is 3.89. The molecule has 11 heavy (non-hydrogen) atoms. The molecule has 0 aliphatic heterocycles. The van der Waals surface area contributed by atoms with Crippen LogP contribution in [0.2, 0.25) is 0 Å². The maximum absolute atomic E-state index is 5.61. The second-order valence-electron chi connectivity index (χ2n) is 2.70. The maximum Gasteiger partial charge on any atom is 0.0991 e. The van der Waals surface area contributed by atoms with Crippen LogP contribution in [0.3, 0.4) is 0 Å². The smallest absolute Gasteiger partial charge is 0.0991 e. The molecule has 1 aromatic heterocycles. The third-order valence-corrected chi connectivity index (χ3v) is 1.48. The van der Waals surface area contributed by atoms with Gasteiger partial charge in [-0.25, -0.2) is 0 Å². The SMILES string of the molecule is CCCn1cc([C@@H](C)N)nn1. The molecule has 0 saturated heterocycles. The van der Waals surface area contributed by atoms with Crippen molar-refractivity contribution in [3.8, 4) is 0 Å². The van der Waals surface area contributed by atoms with Crippen molar-refractivity contribution in [2.45, 2.75) is 32.9 Å². The summed E-state index contributed by atoms with van der Waals surface area (Å²) in [5.74, 6) is 0. The molecule has 4 heteroatoms. The summed E-state index contributed by atoms with van der Waals surface area (Å²) >= 11 is 0. The van der Waals surface area contributed by atoms with Crippen LogP contribution in [0.4, 0.5) is 0 Å². The molecule has 0 spiro atoms. The first kappa shape index (κ1) is 8.20.